The van der Waals surface area contributed by atoms with Crippen LogP contribution in [0.4, 0.5) is 0 Å². The number of rotatable bonds is 7. The van der Waals surface area contributed by atoms with Gasteiger partial charge in [0, 0.05) is 19.6 Å². The van der Waals surface area contributed by atoms with E-state index in [-0.39, 0.29) is 5.97 Å². The minimum Gasteiger partial charge on any atom is -0.466 e. The molecule has 0 amide bonds. The number of esters is 1. The predicted molar refractivity (Wildman–Crippen MR) is 70.1 cm³/mol. The summed E-state index contributed by atoms with van der Waals surface area (Å²) in [7, 11) is 0. The second kappa shape index (κ2) is 13.5. The Morgan fingerprint density at radius 3 is 2.18 bits per heavy atom. The lowest BCUT2D eigenvalue weighted by Crippen LogP contribution is -2.02. The number of carbonyl (C=O) groups is 1. The summed E-state index contributed by atoms with van der Waals surface area (Å²) in [5.74, 6) is -0.0472. The molecule has 1 saturated heterocycles. The lowest BCUT2D eigenvalue weighted by atomic mass is 10.1. The van der Waals surface area contributed by atoms with Gasteiger partial charge in [-0.1, -0.05) is 32.6 Å². The molecule has 0 bridgehead atoms. The second-order valence-corrected chi connectivity index (χ2v) is 4.29. The molecule has 0 saturated carbocycles. The van der Waals surface area contributed by atoms with Crippen molar-refractivity contribution in [3.8, 4) is 0 Å². The molecule has 0 aromatic carbocycles. The van der Waals surface area contributed by atoms with Gasteiger partial charge in [0.2, 0.25) is 0 Å². The molecule has 102 valence electrons. The van der Waals surface area contributed by atoms with Crippen molar-refractivity contribution in [2.45, 2.75) is 65.2 Å². The van der Waals surface area contributed by atoms with Crippen LogP contribution in [0.5, 0.6) is 0 Å². The van der Waals surface area contributed by atoms with Gasteiger partial charge in [0.05, 0.1) is 6.61 Å². The normalized spacial score (nSPS) is 14.0. The fraction of sp³-hybridized carbons (Fsp3) is 0.929. The van der Waals surface area contributed by atoms with E-state index >= 15 is 0 Å². The molecular formula is C14H28O3. The lowest BCUT2D eigenvalue weighted by Gasteiger charge is -2.00. The molecule has 0 unspecified atom stereocenters. The Morgan fingerprint density at radius 1 is 1.06 bits per heavy atom. The van der Waals surface area contributed by atoms with Crippen LogP contribution in [0, 0.1) is 0 Å². The van der Waals surface area contributed by atoms with Crippen molar-refractivity contribution < 1.29 is 14.3 Å². The van der Waals surface area contributed by atoms with Crippen LogP contribution in [0.25, 0.3) is 0 Å². The lowest BCUT2D eigenvalue weighted by molar-refractivity contribution is -0.143. The number of ether oxygens (including phenoxy) is 2. The summed E-state index contributed by atoms with van der Waals surface area (Å²) in [4.78, 5) is 10.9. The first-order chi connectivity index (χ1) is 8.31. The smallest absolute Gasteiger partial charge is 0.305 e. The van der Waals surface area contributed by atoms with Crippen LogP contribution >= 0.6 is 0 Å². The minimum absolute atomic E-state index is 0.0472. The molecule has 0 atom stereocenters. The Labute approximate surface area is 106 Å². The van der Waals surface area contributed by atoms with Gasteiger partial charge in [0.1, 0.15) is 0 Å². The van der Waals surface area contributed by atoms with Crippen LogP contribution in [0.2, 0.25) is 0 Å². The van der Waals surface area contributed by atoms with Gasteiger partial charge in [-0.05, 0) is 26.2 Å². The zero-order valence-electron chi connectivity index (χ0n) is 11.5. The number of carbonyl (C=O) groups excluding carboxylic acids is 1. The van der Waals surface area contributed by atoms with Crippen LogP contribution in [-0.2, 0) is 14.3 Å². The van der Waals surface area contributed by atoms with E-state index in [1.54, 1.807) is 0 Å². The summed E-state index contributed by atoms with van der Waals surface area (Å²) in [5.41, 5.74) is 0. The van der Waals surface area contributed by atoms with Crippen molar-refractivity contribution >= 4 is 5.97 Å². The molecule has 3 heteroatoms. The van der Waals surface area contributed by atoms with E-state index in [9.17, 15) is 4.79 Å². The fourth-order valence-electron chi connectivity index (χ4n) is 1.62. The summed E-state index contributed by atoms with van der Waals surface area (Å²) in [5, 5.41) is 0. The highest BCUT2D eigenvalue weighted by Gasteiger charge is 1.99. The molecule has 1 aliphatic rings. The standard InChI is InChI=1S/C10H20O2.C4H8O/c1-3-5-6-7-8-9-10(11)12-4-2;1-2-4-5-3-1/h3-9H2,1-2H3;1-4H2. The van der Waals surface area contributed by atoms with Crippen molar-refractivity contribution in [2.24, 2.45) is 0 Å². The highest BCUT2D eigenvalue weighted by Crippen LogP contribution is 2.05. The van der Waals surface area contributed by atoms with E-state index in [0.29, 0.717) is 13.0 Å². The van der Waals surface area contributed by atoms with Crippen molar-refractivity contribution in [1.29, 1.82) is 0 Å². The largest absolute Gasteiger partial charge is 0.466 e. The van der Waals surface area contributed by atoms with Gasteiger partial charge in [-0.2, -0.15) is 0 Å². The van der Waals surface area contributed by atoms with Gasteiger partial charge >= 0.3 is 5.97 Å². The number of hydrogen-bond donors (Lipinski definition) is 0. The second-order valence-electron chi connectivity index (χ2n) is 4.29. The molecule has 0 aromatic heterocycles. The minimum atomic E-state index is -0.0472. The van der Waals surface area contributed by atoms with E-state index in [1.807, 2.05) is 6.92 Å². The SMILES string of the molecule is C1CCOC1.CCCCCCCC(=O)OCC. The van der Waals surface area contributed by atoms with Crippen molar-refractivity contribution in [1.82, 2.24) is 0 Å². The van der Waals surface area contributed by atoms with Crippen LogP contribution in [0.3, 0.4) is 0 Å². The predicted octanol–water partition coefficient (Wildman–Crippen LogP) is 3.71. The third-order valence-corrected chi connectivity index (χ3v) is 2.62. The first kappa shape index (κ1) is 16.4. The average Bonchev–Trinajstić information content (AvgIpc) is 2.88. The third-order valence-electron chi connectivity index (χ3n) is 2.62. The molecule has 0 N–H and O–H groups in total. The summed E-state index contributed by atoms with van der Waals surface area (Å²) < 4.78 is 9.75. The Bertz CT molecular complexity index is 157. The van der Waals surface area contributed by atoms with E-state index in [4.69, 9.17) is 9.47 Å². The monoisotopic (exact) mass is 244 g/mol. The Hall–Kier alpha value is -0.570. The first-order valence-corrected chi connectivity index (χ1v) is 7.04. The third kappa shape index (κ3) is 13.4. The van der Waals surface area contributed by atoms with Crippen molar-refractivity contribution in [3.05, 3.63) is 0 Å². The average molecular weight is 244 g/mol. The Balaban J connectivity index is 0.000000419. The van der Waals surface area contributed by atoms with Gasteiger partial charge in [-0.15, -0.1) is 0 Å². The fourth-order valence-corrected chi connectivity index (χ4v) is 1.62. The maximum absolute atomic E-state index is 10.9. The summed E-state index contributed by atoms with van der Waals surface area (Å²) in [6.07, 6.45) is 9.07. The molecule has 1 aliphatic heterocycles. The van der Waals surface area contributed by atoms with Crippen LogP contribution in [-0.4, -0.2) is 25.8 Å². The summed E-state index contributed by atoms with van der Waals surface area (Å²) in [6.45, 7) is 6.54. The van der Waals surface area contributed by atoms with E-state index in [2.05, 4.69) is 6.92 Å². The topological polar surface area (TPSA) is 35.5 Å². The van der Waals surface area contributed by atoms with Crippen LogP contribution in [0.15, 0.2) is 0 Å². The highest BCUT2D eigenvalue weighted by molar-refractivity contribution is 5.69. The van der Waals surface area contributed by atoms with Crippen LogP contribution in [0.1, 0.15) is 65.2 Å². The van der Waals surface area contributed by atoms with Gasteiger partial charge in [0.25, 0.3) is 0 Å². The molecule has 17 heavy (non-hydrogen) atoms. The highest BCUT2D eigenvalue weighted by atomic mass is 16.5. The van der Waals surface area contributed by atoms with Gasteiger partial charge < -0.3 is 9.47 Å². The van der Waals surface area contributed by atoms with Gasteiger partial charge in [-0.25, -0.2) is 0 Å². The van der Waals surface area contributed by atoms with E-state index in [1.165, 1.54) is 32.1 Å². The molecule has 1 fully saturated rings. The maximum Gasteiger partial charge on any atom is 0.305 e. The summed E-state index contributed by atoms with van der Waals surface area (Å²) >= 11 is 0. The van der Waals surface area contributed by atoms with E-state index < -0.39 is 0 Å². The zero-order valence-corrected chi connectivity index (χ0v) is 11.5. The van der Waals surface area contributed by atoms with Crippen molar-refractivity contribution in [3.63, 3.8) is 0 Å². The van der Waals surface area contributed by atoms with Crippen LogP contribution < -0.4 is 0 Å². The van der Waals surface area contributed by atoms with Gasteiger partial charge in [0.15, 0.2) is 0 Å². The van der Waals surface area contributed by atoms with E-state index in [0.717, 1.165) is 26.1 Å². The first-order valence-electron chi connectivity index (χ1n) is 7.04. The number of unbranched alkanes of at least 4 members (excludes halogenated alkanes) is 4. The van der Waals surface area contributed by atoms with Gasteiger partial charge in [-0.3, -0.25) is 4.79 Å². The quantitative estimate of drug-likeness (QED) is 0.506. The molecule has 0 radical (unpaired) electrons. The maximum atomic E-state index is 10.9. The Kier molecular flexibility index (Phi) is 13.0. The molecule has 1 rings (SSSR count). The molecular weight excluding hydrogens is 216 g/mol. The number of hydrogen-bond acceptors (Lipinski definition) is 3. The van der Waals surface area contributed by atoms with Crippen molar-refractivity contribution in [2.75, 3.05) is 19.8 Å². The Morgan fingerprint density at radius 2 is 1.71 bits per heavy atom. The molecule has 3 nitrogen and oxygen atoms in total. The summed E-state index contributed by atoms with van der Waals surface area (Å²) in [6, 6.07) is 0. The molecule has 0 aliphatic carbocycles. The molecule has 0 spiro atoms. The molecule has 1 heterocycles. The molecule has 0 aromatic rings. The zero-order chi connectivity index (χ0) is 12.8.